The highest BCUT2D eigenvalue weighted by atomic mass is 35.5. The van der Waals surface area contributed by atoms with E-state index in [4.69, 9.17) is 27.9 Å². The molecular weight excluding hydrogens is 371 g/mol. The van der Waals surface area contributed by atoms with Crippen LogP contribution in [-0.2, 0) is 16.1 Å². The molecule has 0 aromatic heterocycles. The van der Waals surface area contributed by atoms with E-state index >= 15 is 0 Å². The summed E-state index contributed by atoms with van der Waals surface area (Å²) in [5, 5.41) is 0. The fourth-order valence-electron chi connectivity index (χ4n) is 2.75. The second-order valence-electron chi connectivity index (χ2n) is 6.25. The summed E-state index contributed by atoms with van der Waals surface area (Å²) in [5.41, 5.74) is -1.99. The minimum atomic E-state index is -1.80. The van der Waals surface area contributed by atoms with Crippen LogP contribution < -0.4 is 0 Å². The molecule has 2 unspecified atom stereocenters. The van der Waals surface area contributed by atoms with Gasteiger partial charge in [-0.3, -0.25) is 4.79 Å². The van der Waals surface area contributed by atoms with Crippen molar-refractivity contribution in [2.75, 3.05) is 0 Å². The molecule has 1 saturated carbocycles. The standard InChI is InChI=1S/C16H14Cl2F4O2/c1-6-11(19)7(13(21)14(22)12(6)20)5-24-15(23)10-8(4-9(17)18)16(10,2)3/h4,8,10H,5H2,1-3H3. The second-order valence-corrected chi connectivity index (χ2v) is 7.26. The first kappa shape index (κ1) is 19.1. The molecule has 2 atom stereocenters. The zero-order chi connectivity index (χ0) is 18.4. The van der Waals surface area contributed by atoms with E-state index < -0.39 is 58.3 Å². The minimum absolute atomic E-state index is 0.00306. The first-order valence-corrected chi connectivity index (χ1v) is 7.76. The van der Waals surface area contributed by atoms with E-state index in [-0.39, 0.29) is 10.4 Å². The van der Waals surface area contributed by atoms with Crippen molar-refractivity contribution < 1.29 is 27.1 Å². The normalized spacial score (nSPS) is 21.4. The summed E-state index contributed by atoms with van der Waals surface area (Å²) in [6.07, 6.45) is 1.48. The zero-order valence-electron chi connectivity index (χ0n) is 13.0. The molecule has 0 bridgehead atoms. The van der Waals surface area contributed by atoms with Crippen molar-refractivity contribution in [2.24, 2.45) is 17.3 Å². The van der Waals surface area contributed by atoms with Gasteiger partial charge in [-0.2, -0.15) is 0 Å². The highest BCUT2D eigenvalue weighted by Crippen LogP contribution is 2.60. The third-order valence-electron chi connectivity index (χ3n) is 4.40. The van der Waals surface area contributed by atoms with Gasteiger partial charge in [-0.25, -0.2) is 17.6 Å². The molecule has 132 valence electrons. The Kier molecular flexibility index (Phi) is 5.21. The quantitative estimate of drug-likeness (QED) is 0.309. The molecule has 0 heterocycles. The highest BCUT2D eigenvalue weighted by Gasteiger charge is 2.61. The Balaban J connectivity index is 2.16. The molecule has 8 heteroatoms. The van der Waals surface area contributed by atoms with Crippen LogP contribution in [0, 0.1) is 47.4 Å². The summed E-state index contributed by atoms with van der Waals surface area (Å²) < 4.78 is 59.1. The smallest absolute Gasteiger partial charge is 0.310 e. The number of allylic oxidation sites excluding steroid dienone is 1. The van der Waals surface area contributed by atoms with Crippen LogP contribution in [-0.4, -0.2) is 5.97 Å². The van der Waals surface area contributed by atoms with Crippen LogP contribution in [0.15, 0.2) is 10.6 Å². The summed E-state index contributed by atoms with van der Waals surface area (Å²) in [6, 6.07) is 0. The monoisotopic (exact) mass is 384 g/mol. The molecule has 1 aliphatic carbocycles. The van der Waals surface area contributed by atoms with Gasteiger partial charge in [-0.1, -0.05) is 37.0 Å². The molecule has 1 fully saturated rings. The molecule has 1 aromatic carbocycles. The van der Waals surface area contributed by atoms with Crippen molar-refractivity contribution in [2.45, 2.75) is 27.4 Å². The molecule has 0 aliphatic heterocycles. The lowest BCUT2D eigenvalue weighted by Crippen LogP contribution is -2.14. The fourth-order valence-corrected chi connectivity index (χ4v) is 3.02. The summed E-state index contributed by atoms with van der Waals surface area (Å²) in [5.74, 6) is -8.00. The van der Waals surface area contributed by atoms with E-state index in [9.17, 15) is 22.4 Å². The summed E-state index contributed by atoms with van der Waals surface area (Å²) in [6.45, 7) is 3.68. The van der Waals surface area contributed by atoms with Gasteiger partial charge < -0.3 is 4.74 Å². The van der Waals surface area contributed by atoms with Crippen LogP contribution in [0.25, 0.3) is 0 Å². The number of carbonyl (C=O) groups is 1. The van der Waals surface area contributed by atoms with E-state index in [0.29, 0.717) is 0 Å². The van der Waals surface area contributed by atoms with Crippen molar-refractivity contribution in [3.05, 3.63) is 45.0 Å². The Labute approximate surface area is 146 Å². The number of esters is 1. The SMILES string of the molecule is Cc1c(F)c(F)c(F)c(COC(=O)C2C(C=C(Cl)Cl)C2(C)C)c1F. The third-order valence-corrected chi connectivity index (χ3v) is 4.65. The maximum Gasteiger partial charge on any atom is 0.310 e. The molecule has 0 saturated heterocycles. The topological polar surface area (TPSA) is 26.3 Å². The molecule has 0 spiro atoms. The van der Waals surface area contributed by atoms with Gasteiger partial charge in [0, 0.05) is 5.56 Å². The molecule has 1 aliphatic rings. The fraction of sp³-hybridized carbons (Fsp3) is 0.438. The molecule has 2 rings (SSSR count). The maximum atomic E-state index is 13.9. The lowest BCUT2D eigenvalue weighted by molar-refractivity contribution is -0.147. The number of halogens is 6. The Morgan fingerprint density at radius 2 is 1.71 bits per heavy atom. The van der Waals surface area contributed by atoms with Crippen LogP contribution in [0.1, 0.15) is 25.0 Å². The first-order valence-electron chi connectivity index (χ1n) is 7.01. The second kappa shape index (κ2) is 6.56. The van der Waals surface area contributed by atoms with Crippen molar-refractivity contribution >= 4 is 29.2 Å². The third kappa shape index (κ3) is 3.26. The minimum Gasteiger partial charge on any atom is -0.460 e. The van der Waals surface area contributed by atoms with Crippen molar-refractivity contribution in [1.82, 2.24) is 0 Å². The van der Waals surface area contributed by atoms with Crippen LogP contribution in [0.4, 0.5) is 17.6 Å². The average Bonchev–Trinajstić information content (AvgIpc) is 3.02. The van der Waals surface area contributed by atoms with Crippen LogP contribution in [0.5, 0.6) is 0 Å². The van der Waals surface area contributed by atoms with Crippen molar-refractivity contribution in [3.63, 3.8) is 0 Å². The maximum absolute atomic E-state index is 13.9. The van der Waals surface area contributed by atoms with E-state index in [1.165, 1.54) is 6.08 Å². The Bertz CT molecular complexity index is 698. The Morgan fingerprint density at radius 1 is 1.12 bits per heavy atom. The Hall–Kier alpha value is -1.27. The molecular formula is C16H14Cl2F4O2. The number of carbonyl (C=O) groups excluding carboxylic acids is 1. The zero-order valence-corrected chi connectivity index (χ0v) is 14.5. The number of hydrogen-bond donors (Lipinski definition) is 0. The van der Waals surface area contributed by atoms with Gasteiger partial charge in [-0.15, -0.1) is 0 Å². The van der Waals surface area contributed by atoms with Gasteiger partial charge in [0.05, 0.1) is 11.5 Å². The summed E-state index contributed by atoms with van der Waals surface area (Å²) >= 11 is 11.1. The Morgan fingerprint density at radius 3 is 2.25 bits per heavy atom. The summed E-state index contributed by atoms with van der Waals surface area (Å²) in [7, 11) is 0. The van der Waals surface area contributed by atoms with Crippen LogP contribution in [0.3, 0.4) is 0 Å². The highest BCUT2D eigenvalue weighted by molar-refractivity contribution is 6.55. The molecule has 1 aromatic rings. The van der Waals surface area contributed by atoms with Crippen molar-refractivity contribution in [1.29, 1.82) is 0 Å². The van der Waals surface area contributed by atoms with Crippen molar-refractivity contribution in [3.8, 4) is 0 Å². The number of ether oxygens (including phenoxy) is 1. The van der Waals surface area contributed by atoms with Gasteiger partial charge in [-0.05, 0) is 24.3 Å². The van der Waals surface area contributed by atoms with E-state index in [1.54, 1.807) is 13.8 Å². The molecule has 0 radical (unpaired) electrons. The molecule has 2 nitrogen and oxygen atoms in total. The molecule has 24 heavy (non-hydrogen) atoms. The molecule has 0 N–H and O–H groups in total. The molecule has 0 amide bonds. The van der Waals surface area contributed by atoms with Crippen LogP contribution in [0.2, 0.25) is 0 Å². The predicted octanol–water partition coefficient (Wildman–Crippen LogP) is 5.19. The summed E-state index contributed by atoms with van der Waals surface area (Å²) in [4.78, 5) is 12.1. The van der Waals surface area contributed by atoms with E-state index in [1.807, 2.05) is 0 Å². The van der Waals surface area contributed by atoms with Gasteiger partial charge in [0.25, 0.3) is 0 Å². The number of rotatable bonds is 4. The average molecular weight is 385 g/mol. The van der Waals surface area contributed by atoms with Crippen LogP contribution >= 0.6 is 23.2 Å². The number of hydrogen-bond acceptors (Lipinski definition) is 2. The van der Waals surface area contributed by atoms with Gasteiger partial charge in [0.2, 0.25) is 0 Å². The van der Waals surface area contributed by atoms with Gasteiger partial charge in [0.15, 0.2) is 17.5 Å². The number of benzene rings is 1. The lowest BCUT2D eigenvalue weighted by atomic mass is 10.1. The first-order chi connectivity index (χ1) is 11.0. The predicted molar refractivity (Wildman–Crippen MR) is 81.4 cm³/mol. The van der Waals surface area contributed by atoms with E-state index in [0.717, 1.165) is 6.92 Å². The largest absolute Gasteiger partial charge is 0.460 e. The van der Waals surface area contributed by atoms with Gasteiger partial charge in [0.1, 0.15) is 16.9 Å². The van der Waals surface area contributed by atoms with E-state index in [2.05, 4.69) is 0 Å². The van der Waals surface area contributed by atoms with Gasteiger partial charge >= 0.3 is 5.97 Å². The lowest BCUT2D eigenvalue weighted by Gasteiger charge is -2.11.